The Kier molecular flexibility index (Phi) is 3.59. The van der Waals surface area contributed by atoms with E-state index in [-0.39, 0.29) is 6.10 Å². The van der Waals surface area contributed by atoms with Crippen LogP contribution >= 0.6 is 0 Å². The van der Waals surface area contributed by atoms with Gasteiger partial charge in [0.05, 0.1) is 17.5 Å². The molecule has 1 rings (SSSR count). The molecule has 1 aromatic rings. The highest BCUT2D eigenvalue weighted by molar-refractivity contribution is 5.69. The fourth-order valence-electron chi connectivity index (χ4n) is 1.03. The van der Waals surface area contributed by atoms with Gasteiger partial charge in [-0.1, -0.05) is 0 Å². The molecule has 0 spiro atoms. The van der Waals surface area contributed by atoms with Crippen LogP contribution < -0.4 is 16.8 Å². The molecule has 0 aliphatic rings. The topological polar surface area (TPSA) is 73.3 Å². The molecular formula is C10H17N3O. The van der Waals surface area contributed by atoms with Crippen molar-refractivity contribution in [3.63, 3.8) is 0 Å². The van der Waals surface area contributed by atoms with Crippen LogP contribution in [0.2, 0.25) is 0 Å². The molecule has 0 saturated carbocycles. The van der Waals surface area contributed by atoms with Gasteiger partial charge in [0.15, 0.2) is 0 Å². The Labute approximate surface area is 84.2 Å². The molecule has 0 saturated heterocycles. The van der Waals surface area contributed by atoms with Crippen LogP contribution in [0.25, 0.3) is 0 Å². The predicted octanol–water partition coefficient (Wildman–Crippen LogP) is 1.30. The van der Waals surface area contributed by atoms with Crippen LogP contribution in [-0.4, -0.2) is 19.8 Å². The summed E-state index contributed by atoms with van der Waals surface area (Å²) in [6, 6.07) is 5.50. The molecule has 78 valence electrons. The van der Waals surface area contributed by atoms with Crippen LogP contribution in [0, 0.1) is 0 Å². The second-order valence-electron chi connectivity index (χ2n) is 3.27. The predicted molar refractivity (Wildman–Crippen MR) is 60.2 cm³/mol. The molecule has 4 heteroatoms. The summed E-state index contributed by atoms with van der Waals surface area (Å²) in [5.74, 6) is 0. The zero-order chi connectivity index (χ0) is 10.6. The minimum atomic E-state index is 0.175. The van der Waals surface area contributed by atoms with E-state index in [9.17, 15) is 0 Å². The Morgan fingerprint density at radius 2 is 2.07 bits per heavy atom. The zero-order valence-electron chi connectivity index (χ0n) is 8.58. The van der Waals surface area contributed by atoms with Crippen molar-refractivity contribution >= 4 is 17.1 Å². The molecule has 5 N–H and O–H groups in total. The van der Waals surface area contributed by atoms with E-state index < -0.39 is 0 Å². The lowest BCUT2D eigenvalue weighted by molar-refractivity contribution is 0.129. The van der Waals surface area contributed by atoms with Crippen LogP contribution in [0.1, 0.15) is 6.92 Å². The number of rotatable bonds is 4. The van der Waals surface area contributed by atoms with Gasteiger partial charge in [0, 0.05) is 19.3 Å². The number of methoxy groups -OCH3 is 1. The number of hydrogen-bond acceptors (Lipinski definition) is 4. The van der Waals surface area contributed by atoms with E-state index in [1.165, 1.54) is 0 Å². The Hall–Kier alpha value is -1.42. The molecule has 0 aromatic heterocycles. The van der Waals surface area contributed by atoms with Gasteiger partial charge >= 0.3 is 0 Å². The summed E-state index contributed by atoms with van der Waals surface area (Å²) in [7, 11) is 1.68. The van der Waals surface area contributed by atoms with Crippen molar-refractivity contribution in [1.29, 1.82) is 0 Å². The Morgan fingerprint density at radius 3 is 2.64 bits per heavy atom. The summed E-state index contributed by atoms with van der Waals surface area (Å²) in [5, 5.41) is 3.20. The summed E-state index contributed by atoms with van der Waals surface area (Å²) in [6.45, 7) is 2.74. The molecule has 4 nitrogen and oxygen atoms in total. The Balaban J connectivity index is 2.55. The minimum absolute atomic E-state index is 0.175. The number of nitrogen functional groups attached to an aromatic ring is 2. The first kappa shape index (κ1) is 10.7. The average molecular weight is 195 g/mol. The Bertz CT molecular complexity index is 301. The summed E-state index contributed by atoms with van der Waals surface area (Å²) in [6.07, 6.45) is 0.175. The first-order chi connectivity index (χ1) is 6.63. The molecule has 0 aliphatic heterocycles. The molecule has 0 aliphatic carbocycles. The summed E-state index contributed by atoms with van der Waals surface area (Å²) >= 11 is 0. The Morgan fingerprint density at radius 1 is 1.36 bits per heavy atom. The van der Waals surface area contributed by atoms with Crippen molar-refractivity contribution in [2.24, 2.45) is 0 Å². The molecule has 14 heavy (non-hydrogen) atoms. The lowest BCUT2D eigenvalue weighted by Gasteiger charge is -2.12. The van der Waals surface area contributed by atoms with Gasteiger partial charge in [-0.2, -0.15) is 0 Å². The first-order valence-corrected chi connectivity index (χ1v) is 4.55. The van der Waals surface area contributed by atoms with Gasteiger partial charge in [-0.3, -0.25) is 0 Å². The number of nitrogens with one attached hydrogen (secondary N) is 1. The summed E-state index contributed by atoms with van der Waals surface area (Å²) in [5.41, 5.74) is 13.4. The maximum atomic E-state index is 5.66. The fourth-order valence-corrected chi connectivity index (χ4v) is 1.03. The number of anilines is 3. The monoisotopic (exact) mass is 195 g/mol. The lowest BCUT2D eigenvalue weighted by Crippen LogP contribution is -2.18. The van der Waals surface area contributed by atoms with Gasteiger partial charge in [0.2, 0.25) is 0 Å². The second kappa shape index (κ2) is 4.72. The van der Waals surface area contributed by atoms with Gasteiger partial charge in [-0.15, -0.1) is 0 Å². The molecule has 1 aromatic carbocycles. The second-order valence-corrected chi connectivity index (χ2v) is 3.27. The molecule has 0 radical (unpaired) electrons. The standard InChI is InChI=1S/C10H17N3O/c1-7(14-2)6-13-8-3-4-9(11)10(12)5-8/h3-5,7,13H,6,11-12H2,1-2H3. The SMILES string of the molecule is COC(C)CNc1ccc(N)c(N)c1. The third kappa shape index (κ3) is 2.81. The van der Waals surface area contributed by atoms with E-state index in [4.69, 9.17) is 16.2 Å². The van der Waals surface area contributed by atoms with Crippen molar-refractivity contribution < 1.29 is 4.74 Å². The highest BCUT2D eigenvalue weighted by atomic mass is 16.5. The van der Waals surface area contributed by atoms with Crippen molar-refractivity contribution in [2.75, 3.05) is 30.4 Å². The van der Waals surface area contributed by atoms with Crippen molar-refractivity contribution in [1.82, 2.24) is 0 Å². The van der Waals surface area contributed by atoms with Crippen LogP contribution in [0.5, 0.6) is 0 Å². The lowest BCUT2D eigenvalue weighted by atomic mass is 10.2. The maximum absolute atomic E-state index is 5.66. The van der Waals surface area contributed by atoms with Crippen molar-refractivity contribution in [3.05, 3.63) is 18.2 Å². The quantitative estimate of drug-likeness (QED) is 0.633. The third-order valence-corrected chi connectivity index (χ3v) is 2.08. The molecule has 0 bridgehead atoms. The van der Waals surface area contributed by atoms with Crippen LogP contribution in [0.3, 0.4) is 0 Å². The van der Waals surface area contributed by atoms with E-state index in [2.05, 4.69) is 5.32 Å². The highest BCUT2D eigenvalue weighted by Gasteiger charge is 2.00. The number of hydrogen-bond donors (Lipinski definition) is 3. The molecule has 1 atom stereocenters. The highest BCUT2D eigenvalue weighted by Crippen LogP contribution is 2.19. The van der Waals surface area contributed by atoms with Crippen LogP contribution in [0.4, 0.5) is 17.1 Å². The number of nitrogens with two attached hydrogens (primary N) is 2. The van der Waals surface area contributed by atoms with Gasteiger partial charge in [0.1, 0.15) is 0 Å². The van der Waals surface area contributed by atoms with Gasteiger partial charge in [0.25, 0.3) is 0 Å². The van der Waals surface area contributed by atoms with Gasteiger partial charge < -0.3 is 21.5 Å². The van der Waals surface area contributed by atoms with E-state index in [0.29, 0.717) is 11.4 Å². The number of ether oxygens (including phenoxy) is 1. The van der Waals surface area contributed by atoms with E-state index >= 15 is 0 Å². The van der Waals surface area contributed by atoms with E-state index in [1.807, 2.05) is 19.1 Å². The van der Waals surface area contributed by atoms with E-state index in [1.54, 1.807) is 13.2 Å². The van der Waals surface area contributed by atoms with Gasteiger partial charge in [-0.25, -0.2) is 0 Å². The number of benzene rings is 1. The summed E-state index contributed by atoms with van der Waals surface area (Å²) in [4.78, 5) is 0. The molecule has 0 amide bonds. The smallest absolute Gasteiger partial charge is 0.0715 e. The van der Waals surface area contributed by atoms with Crippen molar-refractivity contribution in [3.8, 4) is 0 Å². The molecule has 0 heterocycles. The molecule has 1 unspecified atom stereocenters. The largest absolute Gasteiger partial charge is 0.397 e. The van der Waals surface area contributed by atoms with Crippen LogP contribution in [0.15, 0.2) is 18.2 Å². The fraction of sp³-hybridized carbons (Fsp3) is 0.400. The van der Waals surface area contributed by atoms with Gasteiger partial charge in [-0.05, 0) is 25.1 Å². The van der Waals surface area contributed by atoms with Crippen molar-refractivity contribution in [2.45, 2.75) is 13.0 Å². The zero-order valence-corrected chi connectivity index (χ0v) is 8.58. The normalized spacial score (nSPS) is 12.4. The minimum Gasteiger partial charge on any atom is -0.397 e. The molecule has 0 fully saturated rings. The average Bonchev–Trinajstić information content (AvgIpc) is 2.19. The molecular weight excluding hydrogens is 178 g/mol. The third-order valence-electron chi connectivity index (χ3n) is 2.08. The van der Waals surface area contributed by atoms with E-state index in [0.717, 1.165) is 12.2 Å². The summed E-state index contributed by atoms with van der Waals surface area (Å²) < 4.78 is 5.11. The first-order valence-electron chi connectivity index (χ1n) is 4.55. The maximum Gasteiger partial charge on any atom is 0.0715 e. The van der Waals surface area contributed by atoms with Crippen LogP contribution in [-0.2, 0) is 4.74 Å².